The Labute approximate surface area is 896 Å². The van der Waals surface area contributed by atoms with Gasteiger partial charge in [-0.25, -0.2) is 0 Å². The first kappa shape index (κ1) is 135. The number of methoxy groups -OCH3 is 2. The Morgan fingerprint density at radius 2 is 0.747 bits per heavy atom. The second-order valence-corrected chi connectivity index (χ2v) is 31.8. The SMILES string of the molecule is BrCCBr.CC#CCO.CC#CCOCCOc1ccc(C(F)(F)F)cc1[N+](=O)[O-].COC(=O)Cc1ccc(-c2noc(C)c2COCCOc2ccc(C(F)(F)F)cc2[N+](=O)[O-])c(Cl)c1.COC(=O)Cc1ccc(/C(Cl)=N/O)c(Cl)c1.Cc1onc(-c2ccc(CC(=O)O)cc2Cl)c1COCCOc1ccc(C(F)(F)F)cc1[N+](=O)[O-].O=[N+]([O-])c1cc(C(F)(F)F)ccc1O.O=[N+]([O-])c1cc(C(F)(F)F)ccc1OCCBr.[Li+].[OH-]. The van der Waals surface area contributed by atoms with Crippen LogP contribution in [-0.2, 0) is 101 Å². The molecule has 10 rings (SSSR count). The Balaban J connectivity index is 0.000000912. The average Bonchev–Trinajstić information content (AvgIpc) is 1.14. The molecule has 0 amide bonds. The summed E-state index contributed by atoms with van der Waals surface area (Å²) >= 11 is 33.6. The molecule has 0 unspecified atom stereocenters. The van der Waals surface area contributed by atoms with Gasteiger partial charge in [-0.2, -0.15) is 65.9 Å². The molecule has 0 aliphatic rings. The molecule has 2 aromatic heterocycles. The number of carbonyl (C=O) groups is 3. The van der Waals surface area contributed by atoms with Gasteiger partial charge in [-0.3, -0.25) is 65.0 Å². The molecule has 150 heavy (non-hydrogen) atoms. The number of aromatic hydroxyl groups is 1. The van der Waals surface area contributed by atoms with E-state index in [0.717, 1.165) is 47.1 Å². The van der Waals surface area contributed by atoms with Gasteiger partial charge in [-0.05, 0) is 129 Å². The molecule has 60 heteroatoms. The predicted octanol–water partition coefficient (Wildman–Crippen LogP) is 20.8. The van der Waals surface area contributed by atoms with Gasteiger partial charge >= 0.3 is 96.1 Å². The summed E-state index contributed by atoms with van der Waals surface area (Å²) in [4.78, 5) is 82.4. The zero-order chi connectivity index (χ0) is 112. The first-order valence-corrected chi connectivity index (χ1v) is 45.6. The van der Waals surface area contributed by atoms with Crippen molar-refractivity contribution in [2.24, 2.45) is 5.16 Å². The zero-order valence-electron chi connectivity index (χ0n) is 78.3. The number of rotatable bonds is 35. The molecule has 0 spiro atoms. The summed E-state index contributed by atoms with van der Waals surface area (Å²) in [5.74, 6) is 7.51. The minimum Gasteiger partial charge on any atom is -0.870 e. The maximum atomic E-state index is 12.8. The third-order valence-corrected chi connectivity index (χ3v) is 21.2. The number of aromatic nitrogens is 2. The number of benzene rings is 8. The summed E-state index contributed by atoms with van der Waals surface area (Å²) < 4.78 is 244. The zero-order valence-corrected chi connectivity index (χ0v) is 86.1. The number of phenolic OH excluding ortho intramolecular Hbond substituents is 1. The molecule has 810 valence electrons. The van der Waals surface area contributed by atoms with Gasteiger partial charge in [0, 0.05) is 74.1 Å². The third kappa shape index (κ3) is 46.7. The van der Waals surface area contributed by atoms with E-state index in [9.17, 15) is 131 Å². The fourth-order valence-electron chi connectivity index (χ4n) is 10.9. The van der Waals surface area contributed by atoms with Crippen molar-refractivity contribution in [2.45, 2.75) is 91.1 Å². The molecule has 2 heterocycles. The fraction of sp³-hybridized carbons (Fsp3) is 0.311. The maximum absolute atomic E-state index is 12.8. The molecule has 10 aromatic rings. The number of nitrogens with zero attached hydrogens (tertiary/aromatic N) is 8. The van der Waals surface area contributed by atoms with Crippen LogP contribution >= 0.6 is 94.2 Å². The van der Waals surface area contributed by atoms with Crippen molar-refractivity contribution < 1.29 is 201 Å². The van der Waals surface area contributed by atoms with E-state index in [1.807, 2.05) is 0 Å². The molecule has 0 aliphatic heterocycles. The normalized spacial score (nSPS) is 10.8. The number of phenols is 1. The van der Waals surface area contributed by atoms with Gasteiger partial charge in [0.1, 0.15) is 55.9 Å². The summed E-state index contributed by atoms with van der Waals surface area (Å²) in [6.07, 6.45) is -23.4. The minimum atomic E-state index is -4.72. The van der Waals surface area contributed by atoms with E-state index in [0.29, 0.717) is 131 Å². The molecule has 0 fully saturated rings. The van der Waals surface area contributed by atoms with E-state index in [-0.39, 0.29) is 162 Å². The molecule has 0 atom stereocenters. The van der Waals surface area contributed by atoms with Crippen LogP contribution in [0.15, 0.2) is 160 Å². The van der Waals surface area contributed by atoms with Crippen molar-refractivity contribution in [3.8, 4) is 74.9 Å². The molecular weight excluding hydrogens is 2330 g/mol. The molecule has 0 saturated heterocycles. The number of hydrogen-bond donors (Lipinski definition) is 4. The number of carbonyl (C=O) groups excluding carboxylic acids is 2. The molecule has 37 nitrogen and oxygen atoms in total. The quantitative estimate of drug-likeness (QED) is 0.00274. The first-order chi connectivity index (χ1) is 69.4. The average molecular weight is 2410 g/mol. The Morgan fingerprint density at radius 3 is 1.02 bits per heavy atom. The Kier molecular flexibility index (Phi) is 60.0. The summed E-state index contributed by atoms with van der Waals surface area (Å²) in [6.45, 7) is 6.69. The number of nitro benzene ring substituents is 5. The molecule has 0 bridgehead atoms. The number of aliphatic hydroxyl groups is 1. The maximum Gasteiger partial charge on any atom is 1.00 e. The number of aliphatic hydroxyl groups excluding tert-OH is 1. The summed E-state index contributed by atoms with van der Waals surface area (Å²) in [6, 6.07) is 24.3. The van der Waals surface area contributed by atoms with E-state index in [1.165, 1.54) is 20.3 Å². The van der Waals surface area contributed by atoms with Crippen molar-refractivity contribution >= 4 is 146 Å². The van der Waals surface area contributed by atoms with Crippen LogP contribution in [0.4, 0.5) is 94.3 Å². The van der Waals surface area contributed by atoms with Crippen molar-refractivity contribution in [2.75, 3.05) is 89.7 Å². The standard InChI is InChI=1S/C23H20ClF3N2O7.C22H18ClF3N2O7.C13H12F3NO4.C10H9Cl2NO3.C9H7BrF3NO3.C7H4F3NO3.C4H6O.C2H4Br2.Li.H2O/c1-13-17(22(28-36-13)16-5-3-14(9-18(16)24)10-21(30)33-2)12-34-7-8-35-20-6-4-15(23(25,26)27)11-19(20)29(31)32;1-12-16(21(27-35-12)15-4-2-13(8-17(15)23)9-20(29)30)11-33-6-7-34-19-5-3-14(22(24,25)26)10-18(19)28(31)32;1-2-3-6-20-7-8-21-12-5-4-10(13(14,15)16)9-11(12)17(18)19;1-16-9(14)5-6-2-3-7(8(11)4-6)10(12)13-15;10-3-4-17-8-2-1-6(9(11,12)13)5-7(8)14(15)16;8-7(9,10)4-1-2-6(12)5(3-4)11(13)14;1-2-3-4-5;3-1-2-4;;/h3-6,9,11H,7-8,10,12H2,1-2H3;2-5,8,10H,6-7,9,11H2,1H3,(H,29,30);4-5,9H,6-8H2,1H3;2-4,15H,5H2,1H3;1-2,5H,3-4H2;1-3,12H;5H,4H2,1H3;1-2H2;;1H2/q;;;;;;;;+1;/p-1/b;;;13-10-;;;;;;. The van der Waals surface area contributed by atoms with E-state index >= 15 is 0 Å². The number of oxime groups is 1. The summed E-state index contributed by atoms with van der Waals surface area (Å²) in [5.41, 5.74) is -4.32. The summed E-state index contributed by atoms with van der Waals surface area (Å²) in [5, 5.41) is 102. The smallest absolute Gasteiger partial charge is 0.870 e. The van der Waals surface area contributed by atoms with E-state index in [1.54, 1.807) is 76.2 Å². The van der Waals surface area contributed by atoms with Crippen LogP contribution in [-0.4, -0.2) is 174 Å². The topological polar surface area (TPSA) is 525 Å². The van der Waals surface area contributed by atoms with Gasteiger partial charge in [-0.15, -0.1) is 11.8 Å². The second-order valence-electron chi connectivity index (χ2n) is 27.9. The number of aryl methyl sites for hydroxylation is 2. The Morgan fingerprint density at radius 1 is 0.440 bits per heavy atom. The van der Waals surface area contributed by atoms with Crippen LogP contribution in [0, 0.1) is 88.1 Å². The Bertz CT molecular complexity index is 6330. The number of nitro groups is 5. The van der Waals surface area contributed by atoms with Gasteiger partial charge in [-0.1, -0.05) is 152 Å². The van der Waals surface area contributed by atoms with E-state index < -0.39 is 129 Å². The summed E-state index contributed by atoms with van der Waals surface area (Å²) in [7, 11) is 2.60. The number of ether oxygens (including phenoxy) is 9. The third-order valence-electron chi connectivity index (χ3n) is 17.8. The van der Waals surface area contributed by atoms with Crippen molar-refractivity contribution in [1.29, 1.82) is 0 Å². The molecule has 0 aliphatic carbocycles. The largest absolute Gasteiger partial charge is 1.00 e. The van der Waals surface area contributed by atoms with Gasteiger partial charge in [0.2, 0.25) is 0 Å². The number of aliphatic carboxylic acids is 1. The number of carboxylic acids is 1. The van der Waals surface area contributed by atoms with Crippen LogP contribution in [0.1, 0.15) is 86.6 Å². The number of alkyl halides is 18. The van der Waals surface area contributed by atoms with Crippen molar-refractivity contribution in [1.82, 2.24) is 10.3 Å². The van der Waals surface area contributed by atoms with Crippen molar-refractivity contribution in [3.05, 3.63) is 284 Å². The number of carboxylic acid groups (broad SMARTS) is 1. The monoisotopic (exact) mass is 2410 g/mol. The van der Waals surface area contributed by atoms with Crippen LogP contribution in [0.5, 0.6) is 28.7 Å². The van der Waals surface area contributed by atoms with Gasteiger partial charge < -0.3 is 77.7 Å². The first-order valence-electron chi connectivity index (χ1n) is 40.7. The van der Waals surface area contributed by atoms with E-state index in [4.69, 9.17) is 109 Å². The second kappa shape index (κ2) is 66.6. The molecular formula is C90H81Br3Cl4F15LiN8O29. The van der Waals surface area contributed by atoms with Gasteiger partial charge in [0.15, 0.2) is 33.9 Å². The van der Waals surface area contributed by atoms with Crippen LogP contribution < -0.4 is 37.8 Å². The van der Waals surface area contributed by atoms with Crippen molar-refractivity contribution in [3.63, 3.8) is 0 Å². The van der Waals surface area contributed by atoms with Crippen LogP contribution in [0.3, 0.4) is 0 Å². The molecule has 8 aromatic carbocycles. The fourth-order valence-corrected chi connectivity index (χ4v) is 12.1. The minimum absolute atomic E-state index is 0. The Hall–Kier alpha value is -12.9. The molecule has 0 saturated carbocycles. The van der Waals surface area contributed by atoms with E-state index in [2.05, 4.69) is 96.4 Å². The van der Waals surface area contributed by atoms with Gasteiger partial charge in [0.05, 0.1) is 141 Å². The predicted molar refractivity (Wildman–Crippen MR) is 513 cm³/mol. The number of esters is 2. The molecule has 5 N–H and O–H groups in total. The number of hydrogen-bond acceptors (Lipinski definition) is 31. The molecule has 0 radical (unpaired) electrons. The number of halogens is 22. The van der Waals surface area contributed by atoms with Crippen LogP contribution in [0.2, 0.25) is 15.1 Å². The van der Waals surface area contributed by atoms with Gasteiger partial charge in [0.25, 0.3) is 0 Å². The van der Waals surface area contributed by atoms with Crippen LogP contribution in [0.25, 0.3) is 22.5 Å².